The molecule has 1 aliphatic rings. The second-order valence-electron chi connectivity index (χ2n) is 9.88. The van der Waals surface area contributed by atoms with E-state index in [0.29, 0.717) is 49.0 Å². The maximum absolute atomic E-state index is 13.7. The molecule has 0 spiro atoms. The van der Waals surface area contributed by atoms with Crippen molar-refractivity contribution in [1.29, 1.82) is 0 Å². The van der Waals surface area contributed by atoms with Crippen LogP contribution >= 0.6 is 11.6 Å². The number of carbonyl (C=O) groups is 1. The first-order valence-corrected chi connectivity index (χ1v) is 14.1. The van der Waals surface area contributed by atoms with E-state index in [-0.39, 0.29) is 48.0 Å². The summed E-state index contributed by atoms with van der Waals surface area (Å²) in [5.74, 6) is 0.291. The molecule has 4 heterocycles. The fourth-order valence-corrected chi connectivity index (χ4v) is 4.98. The molecule has 0 aliphatic heterocycles. The Hall–Kier alpha value is -4.64. The molecule has 45 heavy (non-hydrogen) atoms. The van der Waals surface area contributed by atoms with Gasteiger partial charge in [0, 0.05) is 49.5 Å². The summed E-state index contributed by atoms with van der Waals surface area (Å²) in [4.78, 5) is 39.7. The van der Waals surface area contributed by atoms with Crippen molar-refractivity contribution in [3.63, 3.8) is 0 Å². The van der Waals surface area contributed by atoms with Crippen molar-refractivity contribution in [2.24, 2.45) is 0 Å². The second kappa shape index (κ2) is 14.0. The summed E-state index contributed by atoms with van der Waals surface area (Å²) in [6.07, 6.45) is 4.87. The molecule has 1 aliphatic carbocycles. The van der Waals surface area contributed by atoms with Crippen LogP contribution in [0.5, 0.6) is 6.01 Å². The molecule has 0 atom stereocenters. The molecule has 238 valence electrons. The molecule has 0 saturated heterocycles. The van der Waals surface area contributed by atoms with E-state index in [9.17, 15) is 18.0 Å². The maximum Gasteiger partial charge on any atom is 0.420 e. The summed E-state index contributed by atoms with van der Waals surface area (Å²) in [6, 6.07) is -0.268. The first-order valence-electron chi connectivity index (χ1n) is 13.7. The van der Waals surface area contributed by atoms with E-state index in [4.69, 9.17) is 25.8 Å². The summed E-state index contributed by atoms with van der Waals surface area (Å²) in [6.45, 7) is 0.266. The molecule has 0 unspecified atom stereocenters. The van der Waals surface area contributed by atoms with E-state index in [1.807, 2.05) is 0 Å². The zero-order valence-corrected chi connectivity index (χ0v) is 24.8. The number of H-pyrrole nitrogens is 1. The van der Waals surface area contributed by atoms with Crippen molar-refractivity contribution in [3.05, 3.63) is 47.8 Å². The number of anilines is 2. The van der Waals surface area contributed by atoms with Gasteiger partial charge in [-0.2, -0.15) is 18.3 Å². The van der Waals surface area contributed by atoms with E-state index in [0.717, 1.165) is 0 Å². The molecule has 1 saturated carbocycles. The molecule has 4 aromatic rings. The first-order chi connectivity index (χ1) is 21.7. The number of halogens is 4. The summed E-state index contributed by atoms with van der Waals surface area (Å²) in [5.41, 5.74) is -0.520. The number of hydrogen-bond donors (Lipinski definition) is 2. The molecule has 0 bridgehead atoms. The lowest BCUT2D eigenvalue weighted by Gasteiger charge is -2.35. The third kappa shape index (κ3) is 7.54. The van der Waals surface area contributed by atoms with E-state index < -0.39 is 23.5 Å². The number of amides is 1. The van der Waals surface area contributed by atoms with Crippen LogP contribution in [0.1, 0.15) is 31.2 Å². The number of hydrogen-bond acceptors (Lipinski definition) is 12. The van der Waals surface area contributed by atoms with E-state index in [2.05, 4.69) is 45.4 Å². The molecule has 4 aromatic heterocycles. The van der Waals surface area contributed by atoms with Gasteiger partial charge in [-0.25, -0.2) is 29.7 Å². The fourth-order valence-electron chi connectivity index (χ4n) is 4.80. The van der Waals surface area contributed by atoms with Crippen LogP contribution in [0.25, 0.3) is 22.6 Å². The SMILES string of the molecule is COCCOC(=O)N(c1cnc(-c2cnc(OC)nc2)cn1)[C@H]1CC[C@H](Nc2ncc(C(F)(F)F)c(-c3n[nH]cc3Cl)n2)CC1. The Morgan fingerprint density at radius 1 is 1.00 bits per heavy atom. The number of methoxy groups -OCH3 is 2. The predicted octanol–water partition coefficient (Wildman–Crippen LogP) is 4.81. The van der Waals surface area contributed by atoms with Crippen LogP contribution in [0, 0.1) is 0 Å². The molecular formula is C27H28ClF3N10O4. The third-order valence-electron chi connectivity index (χ3n) is 7.01. The second-order valence-corrected chi connectivity index (χ2v) is 10.3. The van der Waals surface area contributed by atoms with Gasteiger partial charge in [0.05, 0.1) is 36.8 Å². The van der Waals surface area contributed by atoms with E-state index >= 15 is 0 Å². The summed E-state index contributed by atoms with van der Waals surface area (Å²) in [7, 11) is 2.96. The average Bonchev–Trinajstić information content (AvgIpc) is 3.47. The largest absolute Gasteiger partial charge is 0.467 e. The molecule has 2 N–H and O–H groups in total. The van der Waals surface area contributed by atoms with Gasteiger partial charge in [0.15, 0.2) is 5.82 Å². The van der Waals surface area contributed by atoms with Gasteiger partial charge < -0.3 is 19.5 Å². The number of carbonyl (C=O) groups excluding carboxylic acids is 1. The predicted molar refractivity (Wildman–Crippen MR) is 155 cm³/mol. The topological polar surface area (TPSA) is 166 Å². The Balaban J connectivity index is 1.30. The van der Waals surface area contributed by atoms with Crippen molar-refractivity contribution in [2.45, 2.75) is 43.9 Å². The summed E-state index contributed by atoms with van der Waals surface area (Å²) in [5, 5.41) is 9.38. The zero-order chi connectivity index (χ0) is 32.0. The van der Waals surface area contributed by atoms with Crippen molar-refractivity contribution in [2.75, 3.05) is 37.7 Å². The van der Waals surface area contributed by atoms with Crippen molar-refractivity contribution >= 4 is 29.5 Å². The van der Waals surface area contributed by atoms with Gasteiger partial charge in [0.1, 0.15) is 23.6 Å². The van der Waals surface area contributed by atoms with Gasteiger partial charge in [-0.3, -0.25) is 15.0 Å². The average molecular weight is 649 g/mol. The highest BCUT2D eigenvalue weighted by Crippen LogP contribution is 2.38. The zero-order valence-electron chi connectivity index (χ0n) is 24.1. The van der Waals surface area contributed by atoms with Crippen LogP contribution in [0.15, 0.2) is 37.2 Å². The van der Waals surface area contributed by atoms with Crippen LogP contribution in [0.2, 0.25) is 5.02 Å². The number of alkyl halides is 3. The molecule has 0 radical (unpaired) electrons. The lowest BCUT2D eigenvalue weighted by atomic mass is 9.90. The quantitative estimate of drug-likeness (QED) is 0.226. The highest BCUT2D eigenvalue weighted by Gasteiger charge is 2.37. The minimum Gasteiger partial charge on any atom is -0.467 e. The van der Waals surface area contributed by atoms with Crippen molar-refractivity contribution in [1.82, 2.24) is 40.1 Å². The van der Waals surface area contributed by atoms with Gasteiger partial charge in [0.2, 0.25) is 5.95 Å². The maximum atomic E-state index is 13.7. The van der Waals surface area contributed by atoms with Crippen LogP contribution in [0.4, 0.5) is 29.7 Å². The monoisotopic (exact) mass is 648 g/mol. The van der Waals surface area contributed by atoms with E-state index in [1.54, 1.807) is 12.4 Å². The highest BCUT2D eigenvalue weighted by atomic mass is 35.5. The standard InChI is InChI=1S/C27H28ClF3N10O4/c1-43-7-8-45-26(42)41(21-14-32-20(13-33-21)15-9-35-25(44-2)36-10-15)17-5-3-16(4-6-17)38-24-34-11-18(27(29,30)31)22(39-24)23-19(28)12-37-40-23/h9-14,16-17H,3-8H2,1-2H3,(H,37,40)(H,34,38,39)/t16-,17-. The minimum atomic E-state index is -4.71. The Morgan fingerprint density at radius 2 is 1.76 bits per heavy atom. The first kappa shape index (κ1) is 31.8. The molecular weight excluding hydrogens is 621 g/mol. The Kier molecular flexibility index (Phi) is 9.87. The van der Waals surface area contributed by atoms with Crippen molar-refractivity contribution in [3.8, 4) is 28.7 Å². The smallest absolute Gasteiger partial charge is 0.420 e. The number of rotatable bonds is 10. The summed E-state index contributed by atoms with van der Waals surface area (Å²) >= 11 is 6.04. The fraction of sp³-hybridized carbons (Fsp3) is 0.407. The molecule has 1 amide bonds. The number of aromatic nitrogens is 8. The number of nitrogens with one attached hydrogen (secondary N) is 2. The normalized spacial score (nSPS) is 16.7. The lowest BCUT2D eigenvalue weighted by molar-refractivity contribution is -0.137. The Morgan fingerprint density at radius 3 is 2.36 bits per heavy atom. The molecule has 1 fully saturated rings. The third-order valence-corrected chi connectivity index (χ3v) is 7.30. The highest BCUT2D eigenvalue weighted by molar-refractivity contribution is 6.32. The van der Waals surface area contributed by atoms with Crippen LogP contribution < -0.4 is 15.0 Å². The van der Waals surface area contributed by atoms with Crippen LogP contribution in [-0.2, 0) is 15.7 Å². The summed E-state index contributed by atoms with van der Waals surface area (Å²) < 4.78 is 56.4. The van der Waals surface area contributed by atoms with Crippen LogP contribution in [-0.4, -0.2) is 85.7 Å². The van der Waals surface area contributed by atoms with Gasteiger partial charge in [-0.05, 0) is 25.7 Å². The van der Waals surface area contributed by atoms with Crippen molar-refractivity contribution < 1.29 is 32.2 Å². The lowest BCUT2D eigenvalue weighted by Crippen LogP contribution is -2.45. The van der Waals surface area contributed by atoms with Gasteiger partial charge in [0.25, 0.3) is 0 Å². The Bertz CT molecular complexity index is 1580. The number of nitrogens with zero attached hydrogens (tertiary/aromatic N) is 8. The number of ether oxygens (including phenoxy) is 3. The van der Waals surface area contributed by atoms with E-state index in [1.165, 1.54) is 37.7 Å². The molecule has 5 rings (SSSR count). The van der Waals surface area contributed by atoms with Crippen LogP contribution in [0.3, 0.4) is 0 Å². The van der Waals surface area contributed by atoms with Gasteiger partial charge in [-0.15, -0.1) is 0 Å². The number of aromatic amines is 1. The minimum absolute atomic E-state index is 0.000292. The van der Waals surface area contributed by atoms with Gasteiger partial charge >= 0.3 is 18.3 Å². The Labute approximate surface area is 259 Å². The molecule has 18 heteroatoms. The molecule has 0 aromatic carbocycles. The molecule has 14 nitrogen and oxygen atoms in total. The van der Waals surface area contributed by atoms with Gasteiger partial charge in [-0.1, -0.05) is 11.6 Å².